The molecule has 2 amide bonds. The third-order valence-electron chi connectivity index (χ3n) is 3.05. The molecule has 1 heterocycles. The van der Waals surface area contributed by atoms with E-state index >= 15 is 0 Å². The minimum atomic E-state index is -1.50. The highest BCUT2D eigenvalue weighted by molar-refractivity contribution is 6.02. The highest BCUT2D eigenvalue weighted by Gasteiger charge is 2.43. The van der Waals surface area contributed by atoms with Gasteiger partial charge >= 0.3 is 5.97 Å². The minimum absolute atomic E-state index is 0.215. The maximum absolute atomic E-state index is 12.1. The van der Waals surface area contributed by atoms with E-state index < -0.39 is 23.3 Å². The zero-order valence-corrected chi connectivity index (χ0v) is 10.3. The van der Waals surface area contributed by atoms with Crippen LogP contribution in [0.1, 0.15) is 27.2 Å². The summed E-state index contributed by atoms with van der Waals surface area (Å²) in [7, 11) is 0. The summed E-state index contributed by atoms with van der Waals surface area (Å²) in [6.07, 6.45) is 0.479. The Morgan fingerprint density at radius 2 is 2.12 bits per heavy atom. The lowest BCUT2D eigenvalue weighted by Crippen LogP contribution is -2.60. The topological polar surface area (TPSA) is 86.7 Å². The number of nitrogens with zero attached hydrogens (tertiary/aromatic N) is 1. The first-order valence-electron chi connectivity index (χ1n) is 5.64. The second kappa shape index (κ2) is 4.73. The van der Waals surface area contributed by atoms with Gasteiger partial charge in [-0.05, 0) is 20.3 Å². The molecular formula is C11H18N2O4. The van der Waals surface area contributed by atoms with Crippen molar-refractivity contribution in [3.8, 4) is 0 Å². The number of carbonyl (C=O) groups is 3. The summed E-state index contributed by atoms with van der Waals surface area (Å²) in [5.41, 5.74) is -1.50. The Morgan fingerprint density at radius 3 is 2.59 bits per heavy atom. The number of nitrogens with one attached hydrogen (secondary N) is 1. The van der Waals surface area contributed by atoms with Crippen LogP contribution in [0.2, 0.25) is 0 Å². The van der Waals surface area contributed by atoms with Crippen LogP contribution in [0.25, 0.3) is 0 Å². The monoisotopic (exact) mass is 242 g/mol. The van der Waals surface area contributed by atoms with Gasteiger partial charge in [0, 0.05) is 13.1 Å². The lowest BCUT2D eigenvalue weighted by molar-refractivity contribution is -0.162. The molecule has 1 saturated heterocycles. The number of carboxylic acids is 1. The van der Waals surface area contributed by atoms with Crippen molar-refractivity contribution in [3.05, 3.63) is 0 Å². The van der Waals surface area contributed by atoms with Crippen molar-refractivity contribution in [2.24, 2.45) is 5.41 Å². The molecule has 0 saturated carbocycles. The Labute approximate surface area is 100.0 Å². The van der Waals surface area contributed by atoms with E-state index in [0.29, 0.717) is 19.5 Å². The molecule has 2 N–H and O–H groups in total. The zero-order chi connectivity index (χ0) is 13.2. The molecule has 17 heavy (non-hydrogen) atoms. The quantitative estimate of drug-likeness (QED) is 0.673. The highest BCUT2D eigenvalue weighted by Crippen LogP contribution is 2.22. The van der Waals surface area contributed by atoms with Crippen LogP contribution in [0.5, 0.6) is 0 Å². The van der Waals surface area contributed by atoms with Crippen LogP contribution in [0.15, 0.2) is 0 Å². The van der Waals surface area contributed by atoms with Gasteiger partial charge < -0.3 is 15.3 Å². The van der Waals surface area contributed by atoms with Crippen molar-refractivity contribution in [3.63, 3.8) is 0 Å². The van der Waals surface area contributed by atoms with Crippen molar-refractivity contribution >= 4 is 17.8 Å². The normalized spacial score (nSPS) is 21.0. The molecule has 0 radical (unpaired) electrons. The molecule has 1 unspecified atom stereocenters. The maximum Gasteiger partial charge on any atom is 0.318 e. The molecule has 96 valence electrons. The van der Waals surface area contributed by atoms with Gasteiger partial charge in [0.05, 0.1) is 0 Å². The fraction of sp³-hybridized carbons (Fsp3) is 0.727. The summed E-state index contributed by atoms with van der Waals surface area (Å²) in [4.78, 5) is 36.1. The van der Waals surface area contributed by atoms with Crippen LogP contribution in [0.4, 0.5) is 0 Å². The molecule has 6 heteroatoms. The lowest BCUT2D eigenvalue weighted by Gasteiger charge is -2.37. The number of aliphatic carboxylic acids is 1. The fourth-order valence-corrected chi connectivity index (χ4v) is 1.81. The minimum Gasteiger partial charge on any atom is -0.480 e. The smallest absolute Gasteiger partial charge is 0.318 e. The van der Waals surface area contributed by atoms with Crippen LogP contribution in [0.3, 0.4) is 0 Å². The van der Waals surface area contributed by atoms with Gasteiger partial charge in [0.2, 0.25) is 11.8 Å². The van der Waals surface area contributed by atoms with Gasteiger partial charge in [-0.25, -0.2) is 0 Å². The van der Waals surface area contributed by atoms with Gasteiger partial charge in [-0.2, -0.15) is 0 Å². The summed E-state index contributed by atoms with van der Waals surface area (Å²) in [6, 6.07) is -0.560. The fourth-order valence-electron chi connectivity index (χ4n) is 1.81. The van der Waals surface area contributed by atoms with Gasteiger partial charge in [0.15, 0.2) is 0 Å². The average Bonchev–Trinajstić information content (AvgIpc) is 2.27. The van der Waals surface area contributed by atoms with E-state index in [1.165, 1.54) is 18.7 Å². The zero-order valence-electron chi connectivity index (χ0n) is 10.3. The summed E-state index contributed by atoms with van der Waals surface area (Å²) in [6.45, 7) is 5.24. The Balaban J connectivity index is 2.94. The van der Waals surface area contributed by atoms with Crippen LogP contribution < -0.4 is 5.32 Å². The second-order valence-electron chi connectivity index (χ2n) is 4.64. The van der Waals surface area contributed by atoms with E-state index in [-0.39, 0.29) is 5.91 Å². The Bertz CT molecular complexity index is 351. The second-order valence-corrected chi connectivity index (χ2v) is 4.64. The first-order chi connectivity index (χ1) is 7.82. The van der Waals surface area contributed by atoms with E-state index in [1.54, 1.807) is 6.92 Å². The van der Waals surface area contributed by atoms with E-state index in [2.05, 4.69) is 5.32 Å². The molecule has 0 aromatic carbocycles. The molecule has 0 bridgehead atoms. The van der Waals surface area contributed by atoms with Gasteiger partial charge in [-0.1, -0.05) is 6.92 Å². The highest BCUT2D eigenvalue weighted by atomic mass is 16.4. The Morgan fingerprint density at radius 1 is 1.53 bits per heavy atom. The summed E-state index contributed by atoms with van der Waals surface area (Å²) >= 11 is 0. The van der Waals surface area contributed by atoms with Gasteiger partial charge in [0.1, 0.15) is 11.5 Å². The first kappa shape index (κ1) is 13.5. The number of carboxylic acid groups (broad SMARTS) is 1. The molecule has 1 rings (SSSR count). The van der Waals surface area contributed by atoms with Gasteiger partial charge in [-0.15, -0.1) is 0 Å². The van der Waals surface area contributed by atoms with Crippen molar-refractivity contribution < 1.29 is 19.5 Å². The molecule has 0 aromatic rings. The predicted molar refractivity (Wildman–Crippen MR) is 60.2 cm³/mol. The van der Waals surface area contributed by atoms with Crippen molar-refractivity contribution in [1.82, 2.24) is 10.2 Å². The number of hydrogen-bond donors (Lipinski definition) is 2. The average molecular weight is 242 g/mol. The van der Waals surface area contributed by atoms with E-state index in [0.717, 1.165) is 0 Å². The molecule has 6 nitrogen and oxygen atoms in total. The maximum atomic E-state index is 12.1. The Kier molecular flexibility index (Phi) is 3.75. The molecular weight excluding hydrogens is 224 g/mol. The Hall–Kier alpha value is -1.59. The van der Waals surface area contributed by atoms with Crippen LogP contribution in [0, 0.1) is 5.41 Å². The largest absolute Gasteiger partial charge is 0.480 e. The van der Waals surface area contributed by atoms with E-state index in [1.807, 2.05) is 0 Å². The SMILES string of the molecule is CCC1C(=O)NCCN1C(=O)C(C)(C)C(=O)O. The van der Waals surface area contributed by atoms with Gasteiger partial charge in [-0.3, -0.25) is 14.4 Å². The van der Waals surface area contributed by atoms with E-state index in [9.17, 15) is 14.4 Å². The third kappa shape index (κ3) is 2.40. The molecule has 1 aliphatic heterocycles. The molecule has 1 aliphatic rings. The number of rotatable bonds is 3. The molecule has 0 spiro atoms. The van der Waals surface area contributed by atoms with Crippen molar-refractivity contribution in [2.45, 2.75) is 33.2 Å². The lowest BCUT2D eigenvalue weighted by atomic mass is 9.90. The van der Waals surface area contributed by atoms with Crippen molar-refractivity contribution in [2.75, 3.05) is 13.1 Å². The van der Waals surface area contributed by atoms with E-state index in [4.69, 9.17) is 5.11 Å². The third-order valence-corrected chi connectivity index (χ3v) is 3.05. The first-order valence-corrected chi connectivity index (χ1v) is 5.64. The summed E-state index contributed by atoms with van der Waals surface area (Å²) < 4.78 is 0. The molecule has 1 atom stereocenters. The molecule has 0 aromatic heterocycles. The number of hydrogen-bond acceptors (Lipinski definition) is 3. The predicted octanol–water partition coefficient (Wildman–Crippen LogP) is -0.166. The standard InChI is InChI=1S/C11H18N2O4/c1-4-7-8(14)12-5-6-13(7)9(15)11(2,3)10(16)17/h7H,4-6H2,1-3H3,(H,12,14)(H,16,17). The van der Waals surface area contributed by atoms with Crippen LogP contribution in [-0.4, -0.2) is 46.9 Å². The number of carbonyl (C=O) groups excluding carboxylic acids is 2. The number of amides is 2. The van der Waals surface area contributed by atoms with Crippen molar-refractivity contribution in [1.29, 1.82) is 0 Å². The molecule has 1 fully saturated rings. The number of piperazine rings is 1. The summed E-state index contributed by atoms with van der Waals surface area (Å²) in [5, 5.41) is 11.7. The van der Waals surface area contributed by atoms with Crippen LogP contribution >= 0.6 is 0 Å². The molecule has 0 aliphatic carbocycles. The van der Waals surface area contributed by atoms with Gasteiger partial charge in [0.25, 0.3) is 0 Å². The summed E-state index contributed by atoms with van der Waals surface area (Å²) in [5.74, 6) is -1.90. The van der Waals surface area contributed by atoms with Crippen LogP contribution in [-0.2, 0) is 14.4 Å².